The van der Waals surface area contributed by atoms with Gasteiger partial charge in [-0.1, -0.05) is 12.1 Å². The zero-order valence-electron chi connectivity index (χ0n) is 13.7. The predicted molar refractivity (Wildman–Crippen MR) is 87.0 cm³/mol. The Labute approximate surface area is 131 Å². The standard InChI is InChI=1S/C17H25N3O2/c1-12(2)20-11-15(9-19-20)13(3)18-10-17(21)14-6-5-7-16(8-14)22-4/h5-9,11-13,17-18,21H,10H2,1-4H3/t13-,17-/m1/s1. The van der Waals surface area contributed by atoms with E-state index in [-0.39, 0.29) is 6.04 Å². The van der Waals surface area contributed by atoms with Gasteiger partial charge in [-0.15, -0.1) is 0 Å². The van der Waals surface area contributed by atoms with Crippen LogP contribution in [0.3, 0.4) is 0 Å². The van der Waals surface area contributed by atoms with Crippen molar-refractivity contribution in [2.45, 2.75) is 39.0 Å². The van der Waals surface area contributed by atoms with Crippen molar-refractivity contribution in [2.24, 2.45) is 0 Å². The average Bonchev–Trinajstić information content (AvgIpc) is 3.02. The van der Waals surface area contributed by atoms with Gasteiger partial charge in [0.05, 0.1) is 19.4 Å². The van der Waals surface area contributed by atoms with Gasteiger partial charge in [-0.05, 0) is 38.5 Å². The molecule has 0 aliphatic rings. The van der Waals surface area contributed by atoms with Gasteiger partial charge in [-0.25, -0.2) is 0 Å². The number of nitrogens with one attached hydrogen (secondary N) is 1. The normalized spacial score (nSPS) is 14.1. The average molecular weight is 303 g/mol. The van der Waals surface area contributed by atoms with Crippen LogP contribution in [-0.4, -0.2) is 28.5 Å². The fraction of sp³-hybridized carbons (Fsp3) is 0.471. The second kappa shape index (κ2) is 7.42. The molecule has 1 heterocycles. The molecular formula is C17H25N3O2. The van der Waals surface area contributed by atoms with Crippen LogP contribution in [-0.2, 0) is 0 Å². The molecule has 22 heavy (non-hydrogen) atoms. The molecule has 5 heteroatoms. The molecule has 0 radical (unpaired) electrons. The van der Waals surface area contributed by atoms with Crippen LogP contribution >= 0.6 is 0 Å². The third kappa shape index (κ3) is 4.08. The molecule has 0 saturated heterocycles. The Morgan fingerprint density at radius 3 is 2.68 bits per heavy atom. The van der Waals surface area contributed by atoms with Gasteiger partial charge in [0.25, 0.3) is 0 Å². The third-order valence-electron chi connectivity index (χ3n) is 3.75. The number of aliphatic hydroxyl groups is 1. The summed E-state index contributed by atoms with van der Waals surface area (Å²) in [5.41, 5.74) is 1.96. The van der Waals surface area contributed by atoms with Crippen molar-refractivity contribution in [2.75, 3.05) is 13.7 Å². The summed E-state index contributed by atoms with van der Waals surface area (Å²) in [4.78, 5) is 0. The fourth-order valence-electron chi connectivity index (χ4n) is 2.23. The highest BCUT2D eigenvalue weighted by Crippen LogP contribution is 2.20. The van der Waals surface area contributed by atoms with Crippen molar-refractivity contribution in [1.82, 2.24) is 15.1 Å². The Morgan fingerprint density at radius 2 is 2.05 bits per heavy atom. The summed E-state index contributed by atoms with van der Waals surface area (Å²) < 4.78 is 7.12. The molecule has 120 valence electrons. The van der Waals surface area contributed by atoms with Crippen molar-refractivity contribution in [3.05, 3.63) is 47.8 Å². The molecule has 0 bridgehead atoms. The molecule has 2 N–H and O–H groups in total. The fourth-order valence-corrected chi connectivity index (χ4v) is 2.23. The maximum absolute atomic E-state index is 10.3. The van der Waals surface area contributed by atoms with Crippen molar-refractivity contribution < 1.29 is 9.84 Å². The molecule has 0 aliphatic heterocycles. The summed E-state index contributed by atoms with van der Waals surface area (Å²) in [6, 6.07) is 7.99. The molecule has 0 spiro atoms. The molecule has 0 saturated carbocycles. The van der Waals surface area contributed by atoms with E-state index in [1.165, 1.54) is 0 Å². The van der Waals surface area contributed by atoms with E-state index in [1.807, 2.05) is 41.3 Å². The van der Waals surface area contributed by atoms with E-state index in [2.05, 4.69) is 31.2 Å². The maximum Gasteiger partial charge on any atom is 0.119 e. The van der Waals surface area contributed by atoms with Crippen LogP contribution in [0, 0.1) is 0 Å². The summed E-state index contributed by atoms with van der Waals surface area (Å²) in [6.45, 7) is 6.74. The lowest BCUT2D eigenvalue weighted by Gasteiger charge is -2.17. The first-order valence-electron chi connectivity index (χ1n) is 7.60. The van der Waals surface area contributed by atoms with Gasteiger partial charge in [0, 0.05) is 30.4 Å². The monoisotopic (exact) mass is 303 g/mol. The molecule has 2 atom stereocenters. The number of hydrogen-bond donors (Lipinski definition) is 2. The minimum absolute atomic E-state index is 0.132. The highest BCUT2D eigenvalue weighted by Gasteiger charge is 2.13. The van der Waals surface area contributed by atoms with Crippen LogP contribution < -0.4 is 10.1 Å². The van der Waals surface area contributed by atoms with Crippen molar-refractivity contribution >= 4 is 0 Å². The maximum atomic E-state index is 10.3. The molecule has 2 aromatic rings. The van der Waals surface area contributed by atoms with E-state index in [1.54, 1.807) is 7.11 Å². The summed E-state index contributed by atoms with van der Waals surface area (Å²) >= 11 is 0. The minimum atomic E-state index is -0.572. The van der Waals surface area contributed by atoms with Gasteiger partial charge >= 0.3 is 0 Å². The van der Waals surface area contributed by atoms with E-state index >= 15 is 0 Å². The van der Waals surface area contributed by atoms with Crippen molar-refractivity contribution in [1.29, 1.82) is 0 Å². The lowest BCUT2D eigenvalue weighted by Crippen LogP contribution is -2.24. The van der Waals surface area contributed by atoms with Gasteiger partial charge in [0.2, 0.25) is 0 Å². The Bertz CT molecular complexity index is 595. The van der Waals surface area contributed by atoms with Gasteiger partial charge in [0.1, 0.15) is 5.75 Å². The number of methoxy groups -OCH3 is 1. The smallest absolute Gasteiger partial charge is 0.119 e. The van der Waals surface area contributed by atoms with Crippen LogP contribution in [0.2, 0.25) is 0 Å². The first-order chi connectivity index (χ1) is 10.5. The number of aliphatic hydroxyl groups excluding tert-OH is 1. The molecular weight excluding hydrogens is 278 g/mol. The van der Waals surface area contributed by atoms with E-state index < -0.39 is 6.10 Å². The van der Waals surface area contributed by atoms with Gasteiger partial charge < -0.3 is 15.2 Å². The molecule has 0 amide bonds. The van der Waals surface area contributed by atoms with Gasteiger partial charge in [-0.3, -0.25) is 4.68 Å². The van der Waals surface area contributed by atoms with Crippen LogP contribution in [0.25, 0.3) is 0 Å². The Morgan fingerprint density at radius 1 is 1.27 bits per heavy atom. The topological polar surface area (TPSA) is 59.3 Å². The summed E-state index contributed by atoms with van der Waals surface area (Å²) in [6.07, 6.45) is 3.34. The summed E-state index contributed by atoms with van der Waals surface area (Å²) in [7, 11) is 1.62. The van der Waals surface area contributed by atoms with E-state index in [0.29, 0.717) is 12.6 Å². The van der Waals surface area contributed by atoms with Crippen LogP contribution in [0.1, 0.15) is 50.1 Å². The van der Waals surface area contributed by atoms with Crippen LogP contribution in [0.15, 0.2) is 36.7 Å². The van der Waals surface area contributed by atoms with Crippen molar-refractivity contribution in [3.63, 3.8) is 0 Å². The largest absolute Gasteiger partial charge is 0.497 e. The van der Waals surface area contributed by atoms with E-state index in [4.69, 9.17) is 4.74 Å². The molecule has 0 fully saturated rings. The van der Waals surface area contributed by atoms with Crippen LogP contribution in [0.4, 0.5) is 0 Å². The Hall–Kier alpha value is -1.85. The minimum Gasteiger partial charge on any atom is -0.497 e. The molecule has 0 aliphatic carbocycles. The molecule has 5 nitrogen and oxygen atoms in total. The zero-order valence-corrected chi connectivity index (χ0v) is 13.7. The van der Waals surface area contributed by atoms with E-state index in [0.717, 1.165) is 16.9 Å². The lowest BCUT2D eigenvalue weighted by atomic mass is 10.1. The summed E-state index contributed by atoms with van der Waals surface area (Å²) in [5.74, 6) is 0.753. The number of benzene rings is 1. The van der Waals surface area contributed by atoms with E-state index in [9.17, 15) is 5.11 Å². The first-order valence-corrected chi connectivity index (χ1v) is 7.60. The summed E-state index contributed by atoms with van der Waals surface area (Å²) in [5, 5.41) is 18.0. The Kier molecular flexibility index (Phi) is 5.57. The van der Waals surface area contributed by atoms with Crippen LogP contribution in [0.5, 0.6) is 5.75 Å². The SMILES string of the molecule is COc1cccc([C@H](O)CN[C@H](C)c2cnn(C(C)C)c2)c1. The number of rotatable bonds is 7. The second-order valence-electron chi connectivity index (χ2n) is 5.77. The van der Waals surface area contributed by atoms with Crippen molar-refractivity contribution in [3.8, 4) is 5.75 Å². The number of ether oxygens (including phenoxy) is 1. The third-order valence-corrected chi connectivity index (χ3v) is 3.75. The molecule has 1 aromatic carbocycles. The number of nitrogens with zero attached hydrogens (tertiary/aromatic N) is 2. The molecule has 0 unspecified atom stereocenters. The molecule has 2 rings (SSSR count). The number of aromatic nitrogens is 2. The number of hydrogen-bond acceptors (Lipinski definition) is 4. The zero-order chi connectivity index (χ0) is 16.1. The Balaban J connectivity index is 1.93. The van der Waals surface area contributed by atoms with Gasteiger partial charge in [0.15, 0.2) is 0 Å². The first kappa shape index (κ1) is 16.5. The quantitative estimate of drug-likeness (QED) is 0.826. The molecule has 1 aromatic heterocycles. The second-order valence-corrected chi connectivity index (χ2v) is 5.77. The lowest BCUT2D eigenvalue weighted by molar-refractivity contribution is 0.170. The van der Waals surface area contributed by atoms with Gasteiger partial charge in [-0.2, -0.15) is 5.10 Å². The predicted octanol–water partition coefficient (Wildman–Crippen LogP) is 2.86. The highest BCUT2D eigenvalue weighted by molar-refractivity contribution is 5.30. The highest BCUT2D eigenvalue weighted by atomic mass is 16.5.